The van der Waals surface area contributed by atoms with Gasteiger partial charge in [-0.3, -0.25) is 9.59 Å². The Bertz CT molecular complexity index is 1090. The number of likely N-dealkylation sites (N-methyl/N-ethyl adjacent to an activating group) is 1. The largest absolute Gasteiger partial charge is 0.444 e. The number of benzene rings is 2. The number of ether oxygens (including phenoxy) is 1. The molecule has 0 saturated carbocycles. The molecule has 2 unspecified atom stereocenters. The van der Waals surface area contributed by atoms with Gasteiger partial charge in [-0.1, -0.05) is 61.4 Å². The summed E-state index contributed by atoms with van der Waals surface area (Å²) in [6.07, 6.45) is -0.668. The molecular formula is C30H43N3O4. The summed E-state index contributed by atoms with van der Waals surface area (Å²) >= 11 is 0. The molecule has 7 nitrogen and oxygen atoms in total. The number of nitrogens with one attached hydrogen (secondary N) is 2. The first-order valence-electron chi connectivity index (χ1n) is 12.9. The summed E-state index contributed by atoms with van der Waals surface area (Å²) in [5, 5.41) is 5.82. The average molecular weight is 510 g/mol. The normalized spacial score (nSPS) is 13.1. The first kappa shape index (κ1) is 29.9. The highest BCUT2D eigenvalue weighted by Crippen LogP contribution is 2.28. The van der Waals surface area contributed by atoms with E-state index in [1.54, 1.807) is 25.7 Å². The maximum absolute atomic E-state index is 14.0. The molecule has 2 aromatic rings. The lowest BCUT2D eigenvalue weighted by Crippen LogP contribution is -2.54. The molecule has 0 spiro atoms. The molecule has 37 heavy (non-hydrogen) atoms. The molecule has 0 radical (unpaired) electrons. The number of rotatable bonds is 8. The van der Waals surface area contributed by atoms with E-state index in [1.807, 2.05) is 84.9 Å². The van der Waals surface area contributed by atoms with Crippen LogP contribution in [-0.4, -0.2) is 41.0 Å². The lowest BCUT2D eigenvalue weighted by atomic mass is 9.96. The van der Waals surface area contributed by atoms with E-state index in [4.69, 9.17) is 4.74 Å². The number of carbonyl (C=O) groups is 3. The van der Waals surface area contributed by atoms with Crippen LogP contribution in [0.3, 0.4) is 0 Å². The number of carbonyl (C=O) groups excluding carboxylic acids is 3. The van der Waals surface area contributed by atoms with E-state index in [0.717, 1.165) is 33.5 Å². The highest BCUT2D eigenvalue weighted by Gasteiger charge is 2.37. The van der Waals surface area contributed by atoms with Gasteiger partial charge in [0.1, 0.15) is 17.7 Å². The molecule has 0 fully saturated rings. The van der Waals surface area contributed by atoms with Gasteiger partial charge < -0.3 is 20.3 Å². The molecule has 0 aliphatic carbocycles. The number of amides is 3. The van der Waals surface area contributed by atoms with E-state index >= 15 is 0 Å². The number of aryl methyl sites for hydroxylation is 4. The Morgan fingerprint density at radius 1 is 0.946 bits per heavy atom. The topological polar surface area (TPSA) is 87.7 Å². The van der Waals surface area contributed by atoms with Crippen molar-refractivity contribution in [2.24, 2.45) is 5.92 Å². The number of hydrogen-bond acceptors (Lipinski definition) is 4. The Balaban J connectivity index is 2.53. The smallest absolute Gasteiger partial charge is 0.408 e. The Hall–Kier alpha value is -3.35. The molecule has 0 aromatic heterocycles. The summed E-state index contributed by atoms with van der Waals surface area (Å²) in [5.74, 6) is -0.878. The van der Waals surface area contributed by atoms with Crippen LogP contribution in [0.5, 0.6) is 0 Å². The molecule has 0 heterocycles. The van der Waals surface area contributed by atoms with Crippen LogP contribution in [0.4, 0.5) is 10.5 Å². The van der Waals surface area contributed by atoms with Crippen LogP contribution in [0.15, 0.2) is 36.4 Å². The van der Waals surface area contributed by atoms with Crippen LogP contribution in [0.25, 0.3) is 0 Å². The highest BCUT2D eigenvalue weighted by molar-refractivity contribution is 6.00. The minimum Gasteiger partial charge on any atom is -0.444 e. The molecule has 2 rings (SSSR count). The van der Waals surface area contributed by atoms with Gasteiger partial charge in [0.25, 0.3) is 5.91 Å². The molecule has 2 aromatic carbocycles. The van der Waals surface area contributed by atoms with Crippen molar-refractivity contribution in [3.05, 3.63) is 64.2 Å². The van der Waals surface area contributed by atoms with Gasteiger partial charge in [-0.2, -0.15) is 0 Å². The fraction of sp³-hybridized carbons (Fsp3) is 0.500. The Morgan fingerprint density at radius 3 is 1.95 bits per heavy atom. The predicted molar refractivity (Wildman–Crippen MR) is 149 cm³/mol. The van der Waals surface area contributed by atoms with Crippen molar-refractivity contribution in [3.8, 4) is 0 Å². The summed E-state index contributed by atoms with van der Waals surface area (Å²) in [4.78, 5) is 42.0. The molecule has 0 saturated heterocycles. The van der Waals surface area contributed by atoms with Gasteiger partial charge >= 0.3 is 6.09 Å². The van der Waals surface area contributed by atoms with Crippen LogP contribution >= 0.6 is 0 Å². The van der Waals surface area contributed by atoms with Crippen molar-refractivity contribution in [2.75, 3.05) is 11.9 Å². The predicted octanol–water partition coefficient (Wildman–Crippen LogP) is 6.00. The molecular weight excluding hydrogens is 466 g/mol. The van der Waals surface area contributed by atoms with E-state index in [2.05, 4.69) is 10.6 Å². The van der Waals surface area contributed by atoms with Gasteiger partial charge in [-0.15, -0.1) is 0 Å². The van der Waals surface area contributed by atoms with E-state index in [1.165, 1.54) is 0 Å². The zero-order chi connectivity index (χ0) is 28.1. The number of nitrogens with zero attached hydrogens (tertiary/aromatic N) is 1. The fourth-order valence-electron chi connectivity index (χ4n) is 4.44. The van der Waals surface area contributed by atoms with Crippen molar-refractivity contribution in [1.29, 1.82) is 0 Å². The average Bonchev–Trinajstić information content (AvgIpc) is 2.75. The summed E-state index contributed by atoms with van der Waals surface area (Å²) in [6, 6.07) is 9.97. The van der Waals surface area contributed by atoms with Crippen molar-refractivity contribution < 1.29 is 19.1 Å². The quantitative estimate of drug-likeness (QED) is 0.457. The maximum atomic E-state index is 14.0. The van der Waals surface area contributed by atoms with E-state index < -0.39 is 23.8 Å². The molecule has 202 valence electrons. The van der Waals surface area contributed by atoms with Crippen LogP contribution in [0, 0.1) is 33.6 Å². The van der Waals surface area contributed by atoms with Gasteiger partial charge in [0.05, 0.1) is 0 Å². The monoisotopic (exact) mass is 509 g/mol. The van der Waals surface area contributed by atoms with E-state index in [9.17, 15) is 14.4 Å². The van der Waals surface area contributed by atoms with Crippen molar-refractivity contribution >= 4 is 23.6 Å². The molecule has 0 aliphatic heterocycles. The summed E-state index contributed by atoms with van der Waals surface area (Å²) in [7, 11) is 0. The van der Waals surface area contributed by atoms with Crippen LogP contribution in [0.1, 0.15) is 75.4 Å². The lowest BCUT2D eigenvalue weighted by molar-refractivity contribution is -0.141. The zero-order valence-corrected chi connectivity index (χ0v) is 24.0. The van der Waals surface area contributed by atoms with Crippen molar-refractivity contribution in [1.82, 2.24) is 10.2 Å². The van der Waals surface area contributed by atoms with Crippen molar-refractivity contribution in [3.63, 3.8) is 0 Å². The third-order valence-electron chi connectivity index (χ3n) is 6.08. The number of alkyl carbamates (subject to hydrolysis) is 1. The summed E-state index contributed by atoms with van der Waals surface area (Å²) in [5.41, 5.74) is 4.62. The standard InChI is InChI=1S/C30H43N3O4/c1-11-33(28(35)24(18(2)3)32-29(36)37-30(8,9)10)26(23-16-19(4)15-20(5)17-23)27(34)31-25-21(6)13-12-14-22(25)7/h12-18,24,26H,11H2,1-10H3,(H,31,34)(H,32,36). The van der Waals surface area contributed by atoms with Gasteiger partial charge in [-0.05, 0) is 78.0 Å². The first-order valence-corrected chi connectivity index (χ1v) is 12.9. The third kappa shape index (κ3) is 8.07. The maximum Gasteiger partial charge on any atom is 0.408 e. The Morgan fingerprint density at radius 2 is 1.49 bits per heavy atom. The highest BCUT2D eigenvalue weighted by atomic mass is 16.6. The second-order valence-electron chi connectivity index (χ2n) is 11.1. The van der Waals surface area contributed by atoms with E-state index in [0.29, 0.717) is 0 Å². The molecule has 2 atom stereocenters. The minimum absolute atomic E-state index is 0.226. The van der Waals surface area contributed by atoms with Gasteiger partial charge in [0.15, 0.2) is 0 Å². The fourth-order valence-corrected chi connectivity index (χ4v) is 4.44. The lowest BCUT2D eigenvalue weighted by Gasteiger charge is -2.35. The SMILES string of the molecule is CCN(C(=O)C(NC(=O)OC(C)(C)C)C(C)C)C(C(=O)Nc1c(C)cccc1C)c1cc(C)cc(C)c1. The van der Waals surface area contributed by atoms with Gasteiger partial charge in [0, 0.05) is 12.2 Å². The first-order chi connectivity index (χ1) is 17.1. The molecule has 0 aliphatic rings. The Kier molecular flexibility index (Phi) is 9.90. The summed E-state index contributed by atoms with van der Waals surface area (Å²) < 4.78 is 5.41. The van der Waals surface area contributed by atoms with Crippen LogP contribution in [0.2, 0.25) is 0 Å². The zero-order valence-electron chi connectivity index (χ0n) is 24.0. The second-order valence-corrected chi connectivity index (χ2v) is 11.1. The van der Waals surface area contributed by atoms with E-state index in [-0.39, 0.29) is 24.3 Å². The number of anilines is 1. The minimum atomic E-state index is -0.892. The molecule has 0 bridgehead atoms. The van der Waals surface area contributed by atoms with Crippen LogP contribution in [-0.2, 0) is 14.3 Å². The molecule has 2 N–H and O–H groups in total. The van der Waals surface area contributed by atoms with Gasteiger partial charge in [0.2, 0.25) is 5.91 Å². The van der Waals surface area contributed by atoms with Crippen molar-refractivity contribution in [2.45, 2.75) is 86.9 Å². The Labute approximate surface area is 222 Å². The van der Waals surface area contributed by atoms with Crippen LogP contribution < -0.4 is 10.6 Å². The molecule has 7 heteroatoms. The number of hydrogen-bond donors (Lipinski definition) is 2. The summed E-state index contributed by atoms with van der Waals surface area (Å²) in [6.45, 7) is 19.0. The van der Waals surface area contributed by atoms with Gasteiger partial charge in [-0.25, -0.2) is 4.79 Å². The third-order valence-corrected chi connectivity index (χ3v) is 6.08. The molecule has 3 amide bonds. The second kappa shape index (κ2) is 12.3. The number of para-hydroxylation sites is 1.